The topological polar surface area (TPSA) is 78.9 Å². The first-order chi connectivity index (χ1) is 10.2. The highest BCUT2D eigenvalue weighted by Gasteiger charge is 2.15. The molecule has 0 amide bonds. The summed E-state index contributed by atoms with van der Waals surface area (Å²) < 4.78 is 7.16. The number of hydrogen-bond acceptors (Lipinski definition) is 5. The zero-order chi connectivity index (χ0) is 14.8. The minimum atomic E-state index is -0.252. The molecule has 0 radical (unpaired) electrons. The molecule has 0 aliphatic heterocycles. The molecule has 0 aliphatic carbocycles. The summed E-state index contributed by atoms with van der Waals surface area (Å²) in [5.74, 6) is 1.45. The molecule has 2 aromatic heterocycles. The predicted octanol–water partition coefficient (Wildman–Crippen LogP) is 1.61. The van der Waals surface area contributed by atoms with Crippen LogP contribution in [0.1, 0.15) is 17.6 Å². The van der Waals surface area contributed by atoms with Gasteiger partial charge < -0.3 is 15.0 Å². The number of rotatable bonds is 4. The van der Waals surface area contributed by atoms with Crippen molar-refractivity contribution in [2.45, 2.75) is 12.5 Å². The molecule has 6 nitrogen and oxygen atoms in total. The Balaban J connectivity index is 1.88. The van der Waals surface area contributed by atoms with E-state index < -0.39 is 0 Å². The summed E-state index contributed by atoms with van der Waals surface area (Å²) in [6.45, 7) is 0. The molecule has 2 heterocycles. The number of benzene rings is 1. The van der Waals surface area contributed by atoms with Crippen LogP contribution in [-0.2, 0) is 13.5 Å². The van der Waals surface area contributed by atoms with Crippen molar-refractivity contribution in [3.05, 3.63) is 48.2 Å². The molecule has 0 bridgehead atoms. The summed E-state index contributed by atoms with van der Waals surface area (Å²) in [4.78, 5) is 12.8. The first-order valence-electron chi connectivity index (χ1n) is 6.71. The summed E-state index contributed by atoms with van der Waals surface area (Å²) >= 11 is 0. The van der Waals surface area contributed by atoms with E-state index in [0.717, 1.165) is 22.6 Å². The summed E-state index contributed by atoms with van der Waals surface area (Å²) in [6, 6.07) is 9.53. The Bertz CT molecular complexity index is 768. The lowest BCUT2D eigenvalue weighted by Crippen LogP contribution is -2.17. The highest BCUT2D eigenvalue weighted by molar-refractivity contribution is 5.75. The van der Waals surface area contributed by atoms with Crippen LogP contribution >= 0.6 is 0 Å². The molecule has 108 valence electrons. The van der Waals surface area contributed by atoms with Gasteiger partial charge in [0.25, 0.3) is 0 Å². The lowest BCUT2D eigenvalue weighted by Gasteiger charge is -2.11. The number of nitrogens with two attached hydrogens (primary N) is 1. The fraction of sp³-hybridized carbons (Fsp3) is 0.267. The van der Waals surface area contributed by atoms with E-state index in [1.165, 1.54) is 6.33 Å². The standard InChI is InChI=1S/C15H17N5O/c1-20-13-6-4-3-5-11(13)19-14(20)7-10(16)12-8-15(21-2)18-9-17-12/h3-6,8-10H,7,16H2,1-2H3. The third kappa shape index (κ3) is 2.57. The molecule has 6 heteroatoms. The highest BCUT2D eigenvalue weighted by atomic mass is 16.5. The van der Waals surface area contributed by atoms with Crippen molar-refractivity contribution in [3.63, 3.8) is 0 Å². The van der Waals surface area contributed by atoms with Crippen LogP contribution in [0, 0.1) is 0 Å². The number of nitrogens with zero attached hydrogens (tertiary/aromatic N) is 4. The van der Waals surface area contributed by atoms with Gasteiger partial charge in [-0.15, -0.1) is 0 Å². The smallest absolute Gasteiger partial charge is 0.216 e. The highest BCUT2D eigenvalue weighted by Crippen LogP contribution is 2.20. The first-order valence-corrected chi connectivity index (χ1v) is 6.71. The average Bonchev–Trinajstić information content (AvgIpc) is 2.84. The van der Waals surface area contributed by atoms with E-state index >= 15 is 0 Å². The molecule has 2 N–H and O–H groups in total. The van der Waals surface area contributed by atoms with E-state index in [2.05, 4.69) is 19.5 Å². The van der Waals surface area contributed by atoms with E-state index in [9.17, 15) is 0 Å². The largest absolute Gasteiger partial charge is 0.481 e. The van der Waals surface area contributed by atoms with E-state index in [1.54, 1.807) is 13.2 Å². The normalized spacial score (nSPS) is 12.5. The molecule has 0 fully saturated rings. The number of methoxy groups -OCH3 is 1. The zero-order valence-corrected chi connectivity index (χ0v) is 12.0. The minimum Gasteiger partial charge on any atom is -0.481 e. The van der Waals surface area contributed by atoms with Crippen molar-refractivity contribution < 1.29 is 4.74 Å². The molecule has 0 spiro atoms. The lowest BCUT2D eigenvalue weighted by atomic mass is 10.1. The van der Waals surface area contributed by atoms with Gasteiger partial charge in [-0.1, -0.05) is 12.1 Å². The van der Waals surface area contributed by atoms with Crippen molar-refractivity contribution in [1.29, 1.82) is 0 Å². The van der Waals surface area contributed by atoms with Crippen LogP contribution in [0.15, 0.2) is 36.7 Å². The van der Waals surface area contributed by atoms with Crippen molar-refractivity contribution >= 4 is 11.0 Å². The second-order valence-electron chi connectivity index (χ2n) is 4.87. The second-order valence-corrected chi connectivity index (χ2v) is 4.87. The Morgan fingerprint density at radius 1 is 1.29 bits per heavy atom. The number of imidazole rings is 1. The van der Waals surface area contributed by atoms with Crippen LogP contribution < -0.4 is 10.5 Å². The first kappa shape index (κ1) is 13.5. The molecule has 0 saturated heterocycles. The molecule has 1 atom stereocenters. The van der Waals surface area contributed by atoms with E-state index in [-0.39, 0.29) is 6.04 Å². The van der Waals surface area contributed by atoms with E-state index in [4.69, 9.17) is 10.5 Å². The van der Waals surface area contributed by atoms with E-state index in [0.29, 0.717) is 12.3 Å². The van der Waals surface area contributed by atoms with Gasteiger partial charge in [0.1, 0.15) is 12.2 Å². The Morgan fingerprint density at radius 3 is 2.86 bits per heavy atom. The van der Waals surface area contributed by atoms with Crippen LogP contribution in [0.3, 0.4) is 0 Å². The van der Waals surface area contributed by atoms with E-state index in [1.807, 2.05) is 31.3 Å². The van der Waals surface area contributed by atoms with Gasteiger partial charge in [-0.05, 0) is 12.1 Å². The fourth-order valence-electron chi connectivity index (χ4n) is 2.35. The zero-order valence-electron chi connectivity index (χ0n) is 12.0. The molecule has 0 saturated carbocycles. The summed E-state index contributed by atoms with van der Waals surface area (Å²) in [5, 5.41) is 0. The van der Waals surface area contributed by atoms with Gasteiger partial charge in [-0.2, -0.15) is 0 Å². The van der Waals surface area contributed by atoms with Crippen LogP contribution in [-0.4, -0.2) is 26.6 Å². The number of para-hydroxylation sites is 2. The molecular formula is C15H17N5O. The fourth-order valence-corrected chi connectivity index (χ4v) is 2.35. The minimum absolute atomic E-state index is 0.252. The molecule has 3 aromatic rings. The van der Waals surface area contributed by atoms with Crippen LogP contribution in [0.4, 0.5) is 0 Å². The molecule has 1 aromatic carbocycles. The molecule has 1 unspecified atom stereocenters. The Labute approximate surface area is 122 Å². The number of aromatic nitrogens is 4. The van der Waals surface area contributed by atoms with Gasteiger partial charge in [0, 0.05) is 19.5 Å². The number of aryl methyl sites for hydroxylation is 1. The van der Waals surface area contributed by atoms with Gasteiger partial charge in [0.05, 0.1) is 29.9 Å². The van der Waals surface area contributed by atoms with Gasteiger partial charge in [-0.3, -0.25) is 0 Å². The van der Waals surface area contributed by atoms with Gasteiger partial charge in [0.15, 0.2) is 0 Å². The SMILES string of the molecule is COc1cc(C(N)Cc2nc3ccccc3n2C)ncn1. The second kappa shape index (κ2) is 5.49. The van der Waals surface area contributed by atoms with Crippen molar-refractivity contribution in [3.8, 4) is 5.88 Å². The van der Waals surface area contributed by atoms with Gasteiger partial charge in [0.2, 0.25) is 5.88 Å². The maximum Gasteiger partial charge on any atom is 0.216 e. The Kier molecular flexibility index (Phi) is 3.53. The van der Waals surface area contributed by atoms with Gasteiger partial charge >= 0.3 is 0 Å². The van der Waals surface area contributed by atoms with Crippen molar-refractivity contribution in [2.75, 3.05) is 7.11 Å². The summed E-state index contributed by atoms with van der Waals surface area (Å²) in [7, 11) is 3.57. The number of ether oxygens (including phenoxy) is 1. The summed E-state index contributed by atoms with van der Waals surface area (Å²) in [6.07, 6.45) is 2.06. The molecular weight excluding hydrogens is 266 g/mol. The van der Waals surface area contributed by atoms with Gasteiger partial charge in [-0.25, -0.2) is 15.0 Å². The third-order valence-corrected chi connectivity index (χ3v) is 3.53. The molecule has 3 rings (SSSR count). The van der Waals surface area contributed by atoms with Crippen molar-refractivity contribution in [2.24, 2.45) is 12.8 Å². The maximum absolute atomic E-state index is 6.24. The summed E-state index contributed by atoms with van der Waals surface area (Å²) in [5.41, 5.74) is 9.06. The third-order valence-electron chi connectivity index (χ3n) is 3.53. The average molecular weight is 283 g/mol. The molecule has 0 aliphatic rings. The monoisotopic (exact) mass is 283 g/mol. The Morgan fingerprint density at radius 2 is 2.10 bits per heavy atom. The lowest BCUT2D eigenvalue weighted by molar-refractivity contribution is 0.395. The van der Waals surface area contributed by atoms with Crippen LogP contribution in [0.25, 0.3) is 11.0 Å². The maximum atomic E-state index is 6.24. The molecule has 21 heavy (non-hydrogen) atoms. The Hall–Kier alpha value is -2.47. The predicted molar refractivity (Wildman–Crippen MR) is 79.9 cm³/mol. The quantitative estimate of drug-likeness (QED) is 0.787. The number of fused-ring (bicyclic) bond motifs is 1. The van der Waals surface area contributed by atoms with Crippen molar-refractivity contribution in [1.82, 2.24) is 19.5 Å². The van der Waals surface area contributed by atoms with Crippen LogP contribution in [0.2, 0.25) is 0 Å². The van der Waals surface area contributed by atoms with Crippen LogP contribution in [0.5, 0.6) is 5.88 Å². The number of hydrogen-bond donors (Lipinski definition) is 1.